The Kier molecular flexibility index (Phi) is 8.66. The van der Waals surface area contributed by atoms with Crippen molar-refractivity contribution in [3.63, 3.8) is 0 Å². The van der Waals surface area contributed by atoms with E-state index in [-0.39, 0.29) is 0 Å². The van der Waals surface area contributed by atoms with Crippen LogP contribution in [0.15, 0.2) is 218 Å². The number of aromatic nitrogens is 2. The van der Waals surface area contributed by atoms with Gasteiger partial charge in [0, 0.05) is 32.9 Å². The van der Waals surface area contributed by atoms with Crippen molar-refractivity contribution in [3.8, 4) is 33.6 Å². The molecule has 2 heterocycles. The van der Waals surface area contributed by atoms with Gasteiger partial charge in [0.1, 0.15) is 0 Å². The van der Waals surface area contributed by atoms with Crippen LogP contribution in [0.2, 0.25) is 0 Å². The number of rotatable bonds is 4. The maximum absolute atomic E-state index is 2.55. The highest BCUT2D eigenvalue weighted by Gasteiger charge is 2.25. The molecule has 0 aliphatic carbocycles. The third-order valence-corrected chi connectivity index (χ3v) is 16.4. The monoisotopic (exact) mass is 916 g/mol. The number of hydrogen-bond acceptors (Lipinski definition) is 0. The maximum atomic E-state index is 2.55. The fourth-order valence-corrected chi connectivity index (χ4v) is 12.7. The first-order chi connectivity index (χ1) is 35.4. The van der Waals surface area contributed by atoms with E-state index in [1.165, 1.54) is 164 Å². The van der Waals surface area contributed by atoms with Crippen LogP contribution in [0.4, 0.5) is 0 Å². The summed E-state index contributed by atoms with van der Waals surface area (Å²) in [7, 11) is 0. The fourth-order valence-electron chi connectivity index (χ4n) is 12.7. The zero-order chi connectivity index (χ0) is 47.9. The average Bonchev–Trinajstić information content (AvgIpc) is 3.82. The van der Waals surface area contributed by atoms with Crippen molar-refractivity contribution in [2.75, 3.05) is 0 Å². The molecule has 15 aromatic rings. The van der Waals surface area contributed by atoms with Crippen LogP contribution in [0.5, 0.6) is 0 Å². The molecule has 0 radical (unpaired) electrons. The highest BCUT2D eigenvalue weighted by atomic mass is 15.0. The molecule has 0 spiro atoms. The first-order valence-corrected chi connectivity index (χ1v) is 25.2. The summed E-state index contributed by atoms with van der Waals surface area (Å²) in [6, 6.07) is 82.3. The lowest BCUT2D eigenvalue weighted by Crippen LogP contribution is -2.00. The second-order valence-electron chi connectivity index (χ2n) is 20.1. The molecule has 0 N–H and O–H groups in total. The molecule has 15 rings (SSSR count). The quantitative estimate of drug-likeness (QED) is 0.123. The highest BCUT2D eigenvalue weighted by molar-refractivity contribution is 6.27. The summed E-state index contributed by atoms with van der Waals surface area (Å²) in [6.07, 6.45) is 0. The molecule has 2 aromatic heterocycles. The lowest BCUT2D eigenvalue weighted by atomic mass is 9.84. The Bertz CT molecular complexity index is 4540. The van der Waals surface area contributed by atoms with Crippen LogP contribution in [0, 0.1) is 27.7 Å². The van der Waals surface area contributed by atoms with E-state index in [1.54, 1.807) is 0 Å². The van der Waals surface area contributed by atoms with Crippen LogP contribution >= 0.6 is 0 Å². The molecule has 338 valence electrons. The van der Waals surface area contributed by atoms with Crippen molar-refractivity contribution >= 4 is 108 Å². The SMILES string of the molecule is Cc1c(C)n(-c2cc3ccccc3c3ccccc23)c2cc3c(-c4ccc5ccccc5c4)c4cc5c(C)c(C)n(-c6cc7ccccc7c7ccccc67)c5cc4c(-c4ccc5ccccc5c4)c3cc12. The lowest BCUT2D eigenvalue weighted by Gasteiger charge is -2.21. The van der Waals surface area contributed by atoms with Crippen molar-refractivity contribution in [1.29, 1.82) is 0 Å². The van der Waals surface area contributed by atoms with Crippen molar-refractivity contribution in [3.05, 3.63) is 241 Å². The number of nitrogens with zero attached hydrogens (tertiary/aromatic N) is 2. The summed E-state index contributed by atoms with van der Waals surface area (Å²) < 4.78 is 5.10. The molecule has 2 heteroatoms. The minimum atomic E-state index is 1.21. The largest absolute Gasteiger partial charge is 0.313 e. The van der Waals surface area contributed by atoms with Gasteiger partial charge in [-0.1, -0.05) is 170 Å². The Morgan fingerprint density at radius 3 is 0.986 bits per heavy atom. The van der Waals surface area contributed by atoms with E-state index >= 15 is 0 Å². The van der Waals surface area contributed by atoms with Crippen molar-refractivity contribution in [2.24, 2.45) is 0 Å². The third-order valence-electron chi connectivity index (χ3n) is 16.4. The van der Waals surface area contributed by atoms with Crippen LogP contribution in [0.1, 0.15) is 22.5 Å². The van der Waals surface area contributed by atoms with E-state index in [0.29, 0.717) is 0 Å². The van der Waals surface area contributed by atoms with Gasteiger partial charge >= 0.3 is 0 Å². The second kappa shape index (κ2) is 15.3. The maximum Gasteiger partial charge on any atom is 0.0543 e. The van der Waals surface area contributed by atoms with Gasteiger partial charge < -0.3 is 9.13 Å². The molecule has 0 amide bonds. The topological polar surface area (TPSA) is 9.86 Å². The summed E-state index contributed by atoms with van der Waals surface area (Å²) in [5.41, 5.74) is 14.9. The van der Waals surface area contributed by atoms with Crippen molar-refractivity contribution in [1.82, 2.24) is 9.13 Å². The number of fused-ring (bicyclic) bond motifs is 12. The molecule has 0 bridgehead atoms. The van der Waals surface area contributed by atoms with Crippen LogP contribution in [0.3, 0.4) is 0 Å². The van der Waals surface area contributed by atoms with E-state index in [1.807, 2.05) is 0 Å². The molecule has 0 saturated carbocycles. The van der Waals surface area contributed by atoms with Gasteiger partial charge in [-0.15, -0.1) is 0 Å². The normalized spacial score (nSPS) is 12.2. The Morgan fingerprint density at radius 1 is 0.236 bits per heavy atom. The van der Waals surface area contributed by atoms with Gasteiger partial charge in [-0.05, 0) is 185 Å². The molecular weight excluding hydrogens is 869 g/mol. The Balaban J connectivity index is 1.14. The summed E-state index contributed by atoms with van der Waals surface area (Å²) >= 11 is 0. The van der Waals surface area contributed by atoms with E-state index in [0.717, 1.165) is 0 Å². The molecule has 72 heavy (non-hydrogen) atoms. The summed E-state index contributed by atoms with van der Waals surface area (Å²) in [5.74, 6) is 0. The number of benzene rings is 13. The fraction of sp³-hybridized carbons (Fsp3) is 0.0571. The minimum Gasteiger partial charge on any atom is -0.313 e. The van der Waals surface area contributed by atoms with Crippen molar-refractivity contribution in [2.45, 2.75) is 27.7 Å². The van der Waals surface area contributed by atoms with Crippen molar-refractivity contribution < 1.29 is 0 Å². The summed E-state index contributed by atoms with van der Waals surface area (Å²) in [4.78, 5) is 0. The van der Waals surface area contributed by atoms with Gasteiger partial charge in [0.2, 0.25) is 0 Å². The predicted octanol–water partition coefficient (Wildman–Crippen LogP) is 19.4. The first kappa shape index (κ1) is 40.9. The van der Waals surface area contributed by atoms with Gasteiger partial charge in [-0.25, -0.2) is 0 Å². The van der Waals surface area contributed by atoms with Crippen LogP contribution in [-0.4, -0.2) is 9.13 Å². The Labute approximate surface area is 417 Å². The standard InChI is InChI=1S/C70H48N2/c1-41-43(3)71(65-35-49-21-9-11-23-53(49)55-25-13-15-27-57(55)65)67-39-63-61(37-59(41)67)69(51-31-29-45-17-5-7-19-47(45)33-51)64-40-68-60(38-62(64)70(63)52-32-30-46-18-6-8-20-48(46)34-52)42(2)44(4)72(68)66-36-50-22-10-12-24-54(50)56-26-14-16-28-58(56)66/h5-40H,1-4H3. The van der Waals surface area contributed by atoms with Crippen LogP contribution < -0.4 is 0 Å². The molecule has 0 atom stereocenters. The number of aryl methyl sites for hydroxylation is 2. The molecule has 2 nitrogen and oxygen atoms in total. The molecule has 0 saturated heterocycles. The molecule has 0 aliphatic rings. The Morgan fingerprint density at radius 2 is 0.569 bits per heavy atom. The smallest absolute Gasteiger partial charge is 0.0543 e. The van der Waals surface area contributed by atoms with Gasteiger partial charge in [-0.2, -0.15) is 0 Å². The zero-order valence-electron chi connectivity index (χ0n) is 40.7. The predicted molar refractivity (Wildman–Crippen MR) is 310 cm³/mol. The van der Waals surface area contributed by atoms with E-state index in [4.69, 9.17) is 0 Å². The summed E-state index contributed by atoms with van der Waals surface area (Å²) in [5, 5.41) is 22.5. The lowest BCUT2D eigenvalue weighted by molar-refractivity contribution is 1.05. The minimum absolute atomic E-state index is 1.21. The number of hydrogen-bond donors (Lipinski definition) is 0. The van der Waals surface area contributed by atoms with Crippen LogP contribution in [0.25, 0.3) is 142 Å². The van der Waals surface area contributed by atoms with Gasteiger partial charge in [-0.3, -0.25) is 0 Å². The zero-order valence-corrected chi connectivity index (χ0v) is 40.7. The van der Waals surface area contributed by atoms with E-state index in [9.17, 15) is 0 Å². The average molecular weight is 917 g/mol. The Hall–Kier alpha value is -8.98. The second-order valence-corrected chi connectivity index (χ2v) is 20.1. The molecule has 0 aliphatic heterocycles. The molecule has 0 fully saturated rings. The van der Waals surface area contributed by atoms with Crippen LogP contribution in [-0.2, 0) is 0 Å². The molecular formula is C70H48N2. The van der Waals surface area contributed by atoms with Gasteiger partial charge in [0.05, 0.1) is 22.4 Å². The van der Waals surface area contributed by atoms with Gasteiger partial charge in [0.15, 0.2) is 0 Å². The third kappa shape index (κ3) is 5.78. The van der Waals surface area contributed by atoms with Gasteiger partial charge in [0.25, 0.3) is 0 Å². The van der Waals surface area contributed by atoms with E-state index in [2.05, 4.69) is 255 Å². The first-order valence-electron chi connectivity index (χ1n) is 25.2. The molecule has 13 aromatic carbocycles. The molecule has 0 unspecified atom stereocenters. The highest BCUT2D eigenvalue weighted by Crippen LogP contribution is 2.50. The summed E-state index contributed by atoms with van der Waals surface area (Å²) in [6.45, 7) is 9.25. The van der Waals surface area contributed by atoms with E-state index < -0.39 is 0 Å².